The monoisotopic (exact) mass is 212 g/mol. The van der Waals surface area contributed by atoms with Crippen molar-refractivity contribution in [1.82, 2.24) is 10.3 Å². The van der Waals surface area contributed by atoms with Crippen LogP contribution in [0.4, 0.5) is 0 Å². The zero-order chi connectivity index (χ0) is 10.6. The molecule has 0 amide bonds. The Bertz CT molecular complexity index is 273. The Labute approximate surface area is 90.8 Å². The minimum absolute atomic E-state index is 0.177. The standard InChI is InChI=1S/C11H20N2S/c1-5-6-9-8-14-10(13-9)7-12-11(2,3)4/h8,12H,5-7H2,1-4H3. The molecule has 1 aromatic heterocycles. The topological polar surface area (TPSA) is 24.9 Å². The molecule has 1 aromatic rings. The average molecular weight is 212 g/mol. The Hall–Kier alpha value is -0.410. The summed E-state index contributed by atoms with van der Waals surface area (Å²) in [7, 11) is 0. The average Bonchev–Trinajstić information content (AvgIpc) is 2.49. The molecule has 14 heavy (non-hydrogen) atoms. The summed E-state index contributed by atoms with van der Waals surface area (Å²) in [5, 5.41) is 6.81. The van der Waals surface area contributed by atoms with Crippen LogP contribution in [0.1, 0.15) is 44.8 Å². The lowest BCUT2D eigenvalue weighted by molar-refractivity contribution is 0.423. The van der Waals surface area contributed by atoms with Gasteiger partial charge in [0.05, 0.1) is 5.69 Å². The third kappa shape index (κ3) is 4.20. The molecule has 0 fully saturated rings. The minimum atomic E-state index is 0.177. The van der Waals surface area contributed by atoms with Crippen molar-refractivity contribution >= 4 is 11.3 Å². The lowest BCUT2D eigenvalue weighted by atomic mass is 10.1. The van der Waals surface area contributed by atoms with Gasteiger partial charge in [-0.3, -0.25) is 0 Å². The molecular weight excluding hydrogens is 192 g/mol. The first-order valence-electron chi connectivity index (χ1n) is 5.19. The number of nitrogens with one attached hydrogen (secondary N) is 1. The zero-order valence-corrected chi connectivity index (χ0v) is 10.4. The fraction of sp³-hybridized carbons (Fsp3) is 0.727. The molecule has 1 rings (SSSR count). The lowest BCUT2D eigenvalue weighted by Crippen LogP contribution is -2.35. The highest BCUT2D eigenvalue weighted by Crippen LogP contribution is 2.12. The molecular formula is C11H20N2S. The van der Waals surface area contributed by atoms with Gasteiger partial charge in [0.25, 0.3) is 0 Å². The first-order chi connectivity index (χ1) is 6.51. The van der Waals surface area contributed by atoms with E-state index < -0.39 is 0 Å². The molecule has 3 heteroatoms. The maximum Gasteiger partial charge on any atom is 0.107 e. The van der Waals surface area contributed by atoms with Gasteiger partial charge in [0.1, 0.15) is 5.01 Å². The largest absolute Gasteiger partial charge is 0.306 e. The van der Waals surface area contributed by atoms with E-state index in [0.29, 0.717) is 0 Å². The maximum atomic E-state index is 4.56. The van der Waals surface area contributed by atoms with Crippen molar-refractivity contribution < 1.29 is 0 Å². The number of rotatable bonds is 4. The van der Waals surface area contributed by atoms with Crippen molar-refractivity contribution in [2.45, 2.75) is 52.6 Å². The van der Waals surface area contributed by atoms with Crippen LogP contribution in [0.5, 0.6) is 0 Å². The van der Waals surface area contributed by atoms with E-state index in [4.69, 9.17) is 0 Å². The lowest BCUT2D eigenvalue weighted by Gasteiger charge is -2.19. The zero-order valence-electron chi connectivity index (χ0n) is 9.55. The fourth-order valence-electron chi connectivity index (χ4n) is 1.14. The summed E-state index contributed by atoms with van der Waals surface area (Å²) in [5.41, 5.74) is 1.42. The molecule has 0 unspecified atom stereocenters. The highest BCUT2D eigenvalue weighted by molar-refractivity contribution is 7.09. The molecule has 0 aliphatic heterocycles. The molecule has 0 atom stereocenters. The second kappa shape index (κ2) is 4.89. The normalized spacial score (nSPS) is 12.0. The van der Waals surface area contributed by atoms with E-state index >= 15 is 0 Å². The summed E-state index contributed by atoms with van der Waals surface area (Å²) in [6.07, 6.45) is 2.28. The van der Waals surface area contributed by atoms with Crippen LogP contribution in [-0.4, -0.2) is 10.5 Å². The molecule has 0 radical (unpaired) electrons. The van der Waals surface area contributed by atoms with Crippen LogP contribution >= 0.6 is 11.3 Å². The van der Waals surface area contributed by atoms with E-state index in [1.807, 2.05) is 0 Å². The number of nitrogens with zero attached hydrogens (tertiary/aromatic N) is 1. The number of thiazole rings is 1. The van der Waals surface area contributed by atoms with Gasteiger partial charge in [-0.05, 0) is 27.2 Å². The van der Waals surface area contributed by atoms with Crippen molar-refractivity contribution in [2.24, 2.45) is 0 Å². The predicted molar refractivity (Wildman–Crippen MR) is 62.7 cm³/mol. The van der Waals surface area contributed by atoms with Crippen molar-refractivity contribution in [1.29, 1.82) is 0 Å². The van der Waals surface area contributed by atoms with Crippen molar-refractivity contribution in [2.75, 3.05) is 0 Å². The molecule has 0 saturated carbocycles. The Balaban J connectivity index is 2.44. The van der Waals surface area contributed by atoms with Gasteiger partial charge in [0, 0.05) is 17.5 Å². The Morgan fingerprint density at radius 3 is 2.71 bits per heavy atom. The van der Waals surface area contributed by atoms with Crippen LogP contribution in [-0.2, 0) is 13.0 Å². The van der Waals surface area contributed by atoms with Crippen LogP contribution in [0.2, 0.25) is 0 Å². The highest BCUT2D eigenvalue weighted by atomic mass is 32.1. The molecule has 0 bridgehead atoms. The first kappa shape index (κ1) is 11.7. The van der Waals surface area contributed by atoms with Crippen molar-refractivity contribution in [3.8, 4) is 0 Å². The van der Waals surface area contributed by atoms with E-state index in [1.165, 1.54) is 17.1 Å². The third-order valence-corrected chi connectivity index (χ3v) is 2.77. The van der Waals surface area contributed by atoms with Crippen LogP contribution in [0, 0.1) is 0 Å². The van der Waals surface area contributed by atoms with Gasteiger partial charge in [-0.25, -0.2) is 4.98 Å². The second-order valence-corrected chi connectivity index (χ2v) is 5.53. The van der Waals surface area contributed by atoms with Gasteiger partial charge >= 0.3 is 0 Å². The van der Waals surface area contributed by atoms with E-state index in [2.05, 4.69) is 43.4 Å². The van der Waals surface area contributed by atoms with Gasteiger partial charge in [-0.2, -0.15) is 0 Å². The second-order valence-electron chi connectivity index (χ2n) is 4.59. The number of hydrogen-bond acceptors (Lipinski definition) is 3. The van der Waals surface area contributed by atoms with Crippen molar-refractivity contribution in [3.05, 3.63) is 16.1 Å². The van der Waals surface area contributed by atoms with Crippen LogP contribution in [0.15, 0.2) is 5.38 Å². The van der Waals surface area contributed by atoms with Gasteiger partial charge in [-0.15, -0.1) is 11.3 Å². The Kier molecular flexibility index (Phi) is 4.08. The summed E-state index contributed by atoms with van der Waals surface area (Å²) < 4.78 is 0. The number of aryl methyl sites for hydroxylation is 1. The summed E-state index contributed by atoms with van der Waals surface area (Å²) >= 11 is 1.76. The molecule has 0 aliphatic rings. The van der Waals surface area contributed by atoms with Crippen molar-refractivity contribution in [3.63, 3.8) is 0 Å². The Morgan fingerprint density at radius 1 is 1.43 bits per heavy atom. The third-order valence-electron chi connectivity index (χ3n) is 1.88. The van der Waals surface area contributed by atoms with Gasteiger partial charge < -0.3 is 5.32 Å². The summed E-state index contributed by atoms with van der Waals surface area (Å²) in [6, 6.07) is 0. The first-order valence-corrected chi connectivity index (χ1v) is 6.07. The van der Waals surface area contributed by atoms with E-state index in [1.54, 1.807) is 11.3 Å². The molecule has 0 saturated heterocycles. The fourth-order valence-corrected chi connectivity index (χ4v) is 1.91. The van der Waals surface area contributed by atoms with E-state index in [-0.39, 0.29) is 5.54 Å². The van der Waals surface area contributed by atoms with Crippen LogP contribution in [0.25, 0.3) is 0 Å². The van der Waals surface area contributed by atoms with Crippen LogP contribution in [0.3, 0.4) is 0 Å². The van der Waals surface area contributed by atoms with Crippen LogP contribution < -0.4 is 5.32 Å². The Morgan fingerprint density at radius 2 is 2.14 bits per heavy atom. The van der Waals surface area contributed by atoms with E-state index in [0.717, 1.165) is 13.0 Å². The summed E-state index contributed by atoms with van der Waals surface area (Å²) in [4.78, 5) is 4.56. The summed E-state index contributed by atoms with van der Waals surface area (Å²) in [5.74, 6) is 0. The molecule has 2 nitrogen and oxygen atoms in total. The maximum absolute atomic E-state index is 4.56. The summed E-state index contributed by atoms with van der Waals surface area (Å²) in [6.45, 7) is 9.60. The predicted octanol–water partition coefficient (Wildman–Crippen LogP) is 2.98. The molecule has 80 valence electrons. The molecule has 1 N–H and O–H groups in total. The van der Waals surface area contributed by atoms with Gasteiger partial charge in [0.15, 0.2) is 0 Å². The minimum Gasteiger partial charge on any atom is -0.306 e. The molecule has 0 aromatic carbocycles. The van der Waals surface area contributed by atoms with Gasteiger partial charge in [0.2, 0.25) is 0 Å². The number of hydrogen-bond donors (Lipinski definition) is 1. The molecule has 0 aliphatic carbocycles. The quantitative estimate of drug-likeness (QED) is 0.830. The smallest absolute Gasteiger partial charge is 0.107 e. The highest BCUT2D eigenvalue weighted by Gasteiger charge is 2.09. The molecule has 0 spiro atoms. The number of aromatic nitrogens is 1. The van der Waals surface area contributed by atoms with E-state index in [9.17, 15) is 0 Å². The van der Waals surface area contributed by atoms with Gasteiger partial charge in [-0.1, -0.05) is 13.3 Å². The SMILES string of the molecule is CCCc1csc(CNC(C)(C)C)n1. The molecule has 1 heterocycles.